The molecule has 20 heavy (non-hydrogen) atoms. The lowest BCUT2D eigenvalue weighted by Crippen LogP contribution is -2.25. The summed E-state index contributed by atoms with van der Waals surface area (Å²) in [5, 5.41) is 8.92. The van der Waals surface area contributed by atoms with Crippen LogP contribution in [0, 0.1) is 5.92 Å². The maximum absolute atomic E-state index is 12.3. The van der Waals surface area contributed by atoms with Crippen molar-refractivity contribution in [2.45, 2.75) is 32.7 Å². The zero-order chi connectivity index (χ0) is 14.1. The van der Waals surface area contributed by atoms with Crippen LogP contribution in [0.15, 0.2) is 11.7 Å². The van der Waals surface area contributed by atoms with E-state index in [-0.39, 0.29) is 5.91 Å². The second kappa shape index (κ2) is 5.36. The quantitative estimate of drug-likeness (QED) is 0.939. The molecule has 106 valence electrons. The van der Waals surface area contributed by atoms with Crippen LogP contribution in [-0.2, 0) is 26.4 Å². The van der Waals surface area contributed by atoms with Crippen molar-refractivity contribution in [3.8, 4) is 0 Å². The van der Waals surface area contributed by atoms with Crippen LogP contribution in [0.4, 0.5) is 0 Å². The molecule has 1 atom stereocenters. The third-order valence-corrected chi connectivity index (χ3v) is 4.91. The molecule has 1 N–H and O–H groups in total. The highest BCUT2D eigenvalue weighted by molar-refractivity contribution is 7.10. The molecule has 3 rings (SSSR count). The second-order valence-electron chi connectivity index (χ2n) is 5.38. The molecule has 2 heterocycles. The molecule has 2 aromatic heterocycles. The molecule has 0 fully saturated rings. The van der Waals surface area contributed by atoms with Crippen molar-refractivity contribution in [2.24, 2.45) is 13.0 Å². The van der Waals surface area contributed by atoms with Gasteiger partial charge in [0.25, 0.3) is 5.91 Å². The Hall–Kier alpha value is -1.69. The fraction of sp³-hybridized carbons (Fsp3) is 0.500. The van der Waals surface area contributed by atoms with E-state index in [0.29, 0.717) is 6.54 Å². The topological polar surface area (TPSA) is 59.8 Å². The van der Waals surface area contributed by atoms with Crippen molar-refractivity contribution in [1.29, 1.82) is 0 Å². The smallest absolute Gasteiger partial charge is 0.252 e. The van der Waals surface area contributed by atoms with Crippen LogP contribution in [0.1, 0.15) is 40.0 Å². The average molecular weight is 290 g/mol. The van der Waals surface area contributed by atoms with Gasteiger partial charge in [-0.3, -0.25) is 9.48 Å². The van der Waals surface area contributed by atoms with Crippen LogP contribution in [-0.4, -0.2) is 20.7 Å². The molecule has 2 aromatic rings. The molecule has 1 amide bonds. The van der Waals surface area contributed by atoms with Crippen LogP contribution in [0.25, 0.3) is 0 Å². The maximum atomic E-state index is 12.3. The van der Waals surface area contributed by atoms with Crippen molar-refractivity contribution in [2.75, 3.05) is 0 Å². The Morgan fingerprint density at radius 2 is 2.45 bits per heavy atom. The summed E-state index contributed by atoms with van der Waals surface area (Å²) in [5.41, 5.74) is 2.10. The van der Waals surface area contributed by atoms with Gasteiger partial charge in [0.2, 0.25) is 0 Å². The Morgan fingerprint density at radius 1 is 1.60 bits per heavy atom. The summed E-state index contributed by atoms with van der Waals surface area (Å²) in [4.78, 5) is 17.8. The first kappa shape index (κ1) is 13.3. The molecule has 0 radical (unpaired) electrons. The highest BCUT2D eigenvalue weighted by Crippen LogP contribution is 2.32. The van der Waals surface area contributed by atoms with E-state index in [2.05, 4.69) is 22.3 Å². The number of hydrogen-bond donors (Lipinski definition) is 1. The van der Waals surface area contributed by atoms with E-state index in [1.165, 1.54) is 23.2 Å². The average Bonchev–Trinajstić information content (AvgIpc) is 3.02. The normalized spacial score (nSPS) is 17.8. The number of aromatic nitrogens is 3. The Bertz CT molecular complexity index is 631. The molecule has 1 aliphatic rings. The highest BCUT2D eigenvalue weighted by atomic mass is 32.1. The molecule has 0 saturated heterocycles. The van der Waals surface area contributed by atoms with Gasteiger partial charge in [-0.05, 0) is 30.7 Å². The van der Waals surface area contributed by atoms with Gasteiger partial charge >= 0.3 is 0 Å². The molecular formula is C14H18N4OS. The van der Waals surface area contributed by atoms with Crippen LogP contribution in [0.3, 0.4) is 0 Å². The summed E-state index contributed by atoms with van der Waals surface area (Å²) in [6.45, 7) is 2.69. The predicted octanol–water partition coefficient (Wildman–Crippen LogP) is 1.93. The summed E-state index contributed by atoms with van der Waals surface area (Å²) in [5.74, 6) is 1.49. The van der Waals surface area contributed by atoms with Crippen molar-refractivity contribution in [3.05, 3.63) is 33.5 Å². The third-order valence-electron chi connectivity index (χ3n) is 3.86. The summed E-state index contributed by atoms with van der Waals surface area (Å²) in [6.07, 6.45) is 4.80. The number of fused-ring (bicyclic) bond motifs is 1. The van der Waals surface area contributed by atoms with Crippen molar-refractivity contribution in [3.63, 3.8) is 0 Å². The van der Waals surface area contributed by atoms with Gasteiger partial charge in [0.15, 0.2) is 0 Å². The standard InChI is InChI=1S/C14H18N4OS/c1-9-3-4-10-11(7-20-12(10)5-9)14(19)15-6-13-16-8-17-18(13)2/h7-9H,3-6H2,1-2H3,(H,15,19). The van der Waals surface area contributed by atoms with Gasteiger partial charge in [-0.1, -0.05) is 6.92 Å². The molecule has 1 aliphatic carbocycles. The van der Waals surface area contributed by atoms with E-state index < -0.39 is 0 Å². The number of carbonyl (C=O) groups excluding carboxylic acids is 1. The van der Waals surface area contributed by atoms with Gasteiger partial charge in [-0.2, -0.15) is 5.10 Å². The van der Waals surface area contributed by atoms with Crippen LogP contribution < -0.4 is 5.32 Å². The second-order valence-corrected chi connectivity index (χ2v) is 6.35. The van der Waals surface area contributed by atoms with Crippen molar-refractivity contribution >= 4 is 17.2 Å². The van der Waals surface area contributed by atoms with Crippen LogP contribution in [0.5, 0.6) is 0 Å². The summed E-state index contributed by atoms with van der Waals surface area (Å²) in [6, 6.07) is 0. The predicted molar refractivity (Wildman–Crippen MR) is 77.7 cm³/mol. The minimum atomic E-state index is 0.0000491. The summed E-state index contributed by atoms with van der Waals surface area (Å²) < 4.78 is 1.67. The van der Waals surface area contributed by atoms with E-state index in [9.17, 15) is 4.79 Å². The number of carbonyl (C=O) groups is 1. The zero-order valence-electron chi connectivity index (χ0n) is 11.7. The number of nitrogens with zero attached hydrogens (tertiary/aromatic N) is 3. The van der Waals surface area contributed by atoms with Gasteiger partial charge in [0.1, 0.15) is 12.2 Å². The Morgan fingerprint density at radius 3 is 3.20 bits per heavy atom. The van der Waals surface area contributed by atoms with Gasteiger partial charge < -0.3 is 5.32 Å². The van der Waals surface area contributed by atoms with E-state index in [0.717, 1.165) is 30.1 Å². The number of hydrogen-bond acceptors (Lipinski definition) is 4. The monoisotopic (exact) mass is 290 g/mol. The van der Waals surface area contributed by atoms with E-state index in [1.807, 2.05) is 12.4 Å². The molecule has 0 aliphatic heterocycles. The highest BCUT2D eigenvalue weighted by Gasteiger charge is 2.23. The fourth-order valence-electron chi connectivity index (χ4n) is 2.60. The number of aryl methyl sites for hydroxylation is 1. The lowest BCUT2D eigenvalue weighted by molar-refractivity contribution is 0.0948. The molecular weight excluding hydrogens is 272 g/mol. The lowest BCUT2D eigenvalue weighted by atomic mass is 9.88. The number of amides is 1. The zero-order valence-corrected chi connectivity index (χ0v) is 12.5. The number of nitrogens with one attached hydrogen (secondary N) is 1. The van der Waals surface area contributed by atoms with Crippen molar-refractivity contribution in [1.82, 2.24) is 20.1 Å². The molecule has 6 heteroatoms. The largest absolute Gasteiger partial charge is 0.345 e. The Labute approximate surface area is 122 Å². The first-order valence-electron chi connectivity index (χ1n) is 6.85. The minimum Gasteiger partial charge on any atom is -0.345 e. The first-order chi connectivity index (χ1) is 9.65. The van der Waals surface area contributed by atoms with Gasteiger partial charge in [-0.25, -0.2) is 4.98 Å². The summed E-state index contributed by atoms with van der Waals surface area (Å²) in [7, 11) is 1.82. The fourth-order valence-corrected chi connectivity index (χ4v) is 3.85. The SMILES string of the molecule is CC1CCc2c(C(=O)NCc3ncnn3C)csc2C1. The molecule has 0 bridgehead atoms. The molecule has 1 unspecified atom stereocenters. The lowest BCUT2D eigenvalue weighted by Gasteiger charge is -2.18. The van der Waals surface area contributed by atoms with Gasteiger partial charge in [0, 0.05) is 17.3 Å². The molecule has 0 saturated carbocycles. The number of thiophene rings is 1. The Balaban J connectivity index is 1.70. The van der Waals surface area contributed by atoms with E-state index >= 15 is 0 Å². The number of rotatable bonds is 3. The van der Waals surface area contributed by atoms with E-state index in [1.54, 1.807) is 16.0 Å². The molecule has 0 aromatic carbocycles. The van der Waals surface area contributed by atoms with Crippen LogP contribution in [0.2, 0.25) is 0 Å². The maximum Gasteiger partial charge on any atom is 0.252 e. The molecule has 0 spiro atoms. The van der Waals surface area contributed by atoms with Crippen LogP contribution >= 0.6 is 11.3 Å². The minimum absolute atomic E-state index is 0.0000491. The molecule has 5 nitrogen and oxygen atoms in total. The van der Waals surface area contributed by atoms with E-state index in [4.69, 9.17) is 0 Å². The first-order valence-corrected chi connectivity index (χ1v) is 7.73. The van der Waals surface area contributed by atoms with Crippen molar-refractivity contribution < 1.29 is 4.79 Å². The van der Waals surface area contributed by atoms with Gasteiger partial charge in [-0.15, -0.1) is 11.3 Å². The third kappa shape index (κ3) is 2.47. The summed E-state index contributed by atoms with van der Waals surface area (Å²) >= 11 is 1.72. The Kier molecular flexibility index (Phi) is 3.56. The van der Waals surface area contributed by atoms with Gasteiger partial charge in [0.05, 0.1) is 12.1 Å².